The molecule has 0 heterocycles. The van der Waals surface area contributed by atoms with Crippen LogP contribution >= 0.6 is 0 Å². The summed E-state index contributed by atoms with van der Waals surface area (Å²) in [5.74, 6) is -1.07. The van der Waals surface area contributed by atoms with Crippen LogP contribution in [0.15, 0.2) is 54.1 Å². The lowest BCUT2D eigenvalue weighted by Crippen LogP contribution is -2.45. The molecule has 1 aliphatic rings. The molecule has 160 valence electrons. The lowest BCUT2D eigenvalue weighted by atomic mass is 9.66. The summed E-state index contributed by atoms with van der Waals surface area (Å²) in [6.45, 7) is 3.79. The second-order valence-corrected chi connectivity index (χ2v) is 9.74. The molecular formula is C23H27NO5S. The van der Waals surface area contributed by atoms with Gasteiger partial charge in [0.15, 0.2) is 0 Å². The molecule has 7 heteroatoms. The van der Waals surface area contributed by atoms with Crippen molar-refractivity contribution in [3.05, 3.63) is 59.7 Å². The molecule has 6 nitrogen and oxygen atoms in total. The fraction of sp³-hybridized carbons (Fsp3) is 0.391. The predicted molar refractivity (Wildman–Crippen MR) is 116 cm³/mol. The number of nitrogens with zero attached hydrogens (tertiary/aromatic N) is 1. The molecule has 2 aromatic carbocycles. The number of carbonyl (C=O) groups excluding carboxylic acids is 2. The number of Topliss-reactive ketones (excluding diaryl/α,β-unsaturated/α-hetero) is 1. The highest BCUT2D eigenvalue weighted by Gasteiger charge is 2.47. The molecule has 0 saturated heterocycles. The minimum Gasteiger partial charge on any atom is -0.299 e. The second-order valence-electron chi connectivity index (χ2n) is 8.18. The summed E-state index contributed by atoms with van der Waals surface area (Å²) in [4.78, 5) is 25.3. The van der Waals surface area contributed by atoms with Crippen molar-refractivity contribution in [2.45, 2.75) is 39.5 Å². The number of allylic oxidation sites excluding steroid dienone is 2. The first kappa shape index (κ1) is 22.2. The molecule has 1 amide bonds. The molecule has 2 aromatic rings. The third-order valence-electron chi connectivity index (χ3n) is 5.56. The summed E-state index contributed by atoms with van der Waals surface area (Å²) in [6.07, 6.45) is 3.87. The number of hydrogen-bond donors (Lipinski definition) is 0. The Balaban J connectivity index is 1.71. The third-order valence-corrected chi connectivity index (χ3v) is 6.92. The number of hydroxylamine groups is 2. The summed E-state index contributed by atoms with van der Waals surface area (Å²) < 4.78 is 30.4. The first-order chi connectivity index (χ1) is 14.1. The van der Waals surface area contributed by atoms with E-state index in [4.69, 9.17) is 4.28 Å². The van der Waals surface area contributed by atoms with Gasteiger partial charge in [-0.15, -0.1) is 4.28 Å². The van der Waals surface area contributed by atoms with Crippen LogP contribution < -0.4 is 0 Å². The van der Waals surface area contributed by atoms with Crippen LogP contribution in [0.3, 0.4) is 0 Å². The van der Waals surface area contributed by atoms with Crippen molar-refractivity contribution in [2.75, 3.05) is 12.8 Å². The zero-order valence-electron chi connectivity index (χ0n) is 17.6. The van der Waals surface area contributed by atoms with Gasteiger partial charge in [-0.1, -0.05) is 48.4 Å². The number of benzene rings is 2. The summed E-state index contributed by atoms with van der Waals surface area (Å²) in [6, 6.07) is 12.7. The van der Waals surface area contributed by atoms with Crippen LogP contribution in [0.2, 0.25) is 0 Å². The van der Waals surface area contributed by atoms with Crippen molar-refractivity contribution in [1.82, 2.24) is 5.06 Å². The lowest BCUT2D eigenvalue weighted by Gasteiger charge is -2.39. The Labute approximate surface area is 177 Å². The average molecular weight is 430 g/mol. The quantitative estimate of drug-likeness (QED) is 0.462. The summed E-state index contributed by atoms with van der Waals surface area (Å²) in [7, 11) is -2.84. The van der Waals surface area contributed by atoms with Gasteiger partial charge in [0.2, 0.25) is 0 Å². The van der Waals surface area contributed by atoms with Gasteiger partial charge in [-0.05, 0) is 49.6 Å². The van der Waals surface area contributed by atoms with Crippen molar-refractivity contribution < 1.29 is 22.3 Å². The number of carbonyl (C=O) groups is 2. The SMILES string of the molecule is CC(C)=CCC(=O)C1(CS(=O)(=O)ON(C)C(=O)c2ccc3ccccc3c2)CCC1. The van der Waals surface area contributed by atoms with Gasteiger partial charge in [0, 0.05) is 24.4 Å². The molecule has 0 bridgehead atoms. The van der Waals surface area contributed by atoms with E-state index < -0.39 is 27.2 Å². The molecule has 0 aromatic heterocycles. The smallest absolute Gasteiger partial charge is 0.289 e. The van der Waals surface area contributed by atoms with Gasteiger partial charge in [0.05, 0.1) is 5.75 Å². The Hall–Kier alpha value is -2.51. The Kier molecular flexibility index (Phi) is 6.43. The summed E-state index contributed by atoms with van der Waals surface area (Å²) in [5, 5.41) is 2.58. The normalized spacial score (nSPS) is 15.3. The molecule has 0 unspecified atom stereocenters. The molecule has 0 aliphatic heterocycles. The maximum atomic E-state index is 12.7. The van der Waals surface area contributed by atoms with Gasteiger partial charge in [-0.2, -0.15) is 8.42 Å². The van der Waals surface area contributed by atoms with Crippen molar-refractivity contribution in [3.8, 4) is 0 Å². The lowest BCUT2D eigenvalue weighted by molar-refractivity contribution is -0.131. The average Bonchev–Trinajstić information content (AvgIpc) is 2.67. The van der Waals surface area contributed by atoms with Crippen LogP contribution in [0, 0.1) is 5.41 Å². The molecule has 0 atom stereocenters. The standard InChI is InChI=1S/C23H27NO5S/c1-17(2)9-12-21(25)23(13-6-14-23)16-30(27,28)29-24(3)22(26)20-11-10-18-7-4-5-8-19(18)15-20/h4-5,7-11,15H,6,12-14,16H2,1-3H3. The first-order valence-electron chi connectivity index (χ1n) is 9.98. The van der Waals surface area contributed by atoms with E-state index in [9.17, 15) is 18.0 Å². The summed E-state index contributed by atoms with van der Waals surface area (Å²) in [5.41, 5.74) is 0.416. The largest absolute Gasteiger partial charge is 0.299 e. The number of amides is 1. The topological polar surface area (TPSA) is 80.8 Å². The molecule has 30 heavy (non-hydrogen) atoms. The predicted octanol–water partition coefficient (Wildman–Crippen LogP) is 4.27. The van der Waals surface area contributed by atoms with E-state index >= 15 is 0 Å². The second kappa shape index (κ2) is 8.70. The number of rotatable bonds is 8. The highest BCUT2D eigenvalue weighted by Crippen LogP contribution is 2.44. The molecule has 0 N–H and O–H groups in total. The zero-order chi connectivity index (χ0) is 21.9. The van der Waals surface area contributed by atoms with Crippen LogP contribution in [0.25, 0.3) is 10.8 Å². The fourth-order valence-electron chi connectivity index (χ4n) is 3.69. The van der Waals surface area contributed by atoms with Crippen molar-refractivity contribution in [1.29, 1.82) is 0 Å². The first-order valence-corrected chi connectivity index (χ1v) is 11.6. The van der Waals surface area contributed by atoms with Gasteiger partial charge in [-0.25, -0.2) is 5.06 Å². The van der Waals surface area contributed by atoms with E-state index in [1.54, 1.807) is 18.2 Å². The van der Waals surface area contributed by atoms with Gasteiger partial charge >= 0.3 is 0 Å². The van der Waals surface area contributed by atoms with Crippen molar-refractivity contribution >= 4 is 32.6 Å². The molecule has 1 aliphatic carbocycles. The fourth-order valence-corrected chi connectivity index (χ4v) is 5.28. The molecule has 0 radical (unpaired) electrons. The molecular weight excluding hydrogens is 402 g/mol. The molecule has 3 rings (SSSR count). The van der Waals surface area contributed by atoms with Crippen LogP contribution in [0.5, 0.6) is 0 Å². The molecule has 1 saturated carbocycles. The number of ketones is 1. The Morgan fingerprint density at radius 2 is 1.77 bits per heavy atom. The highest BCUT2D eigenvalue weighted by atomic mass is 32.2. The van der Waals surface area contributed by atoms with Crippen LogP contribution in [0.4, 0.5) is 0 Å². The minimum atomic E-state index is -4.11. The van der Waals surface area contributed by atoms with Gasteiger partial charge < -0.3 is 0 Å². The monoisotopic (exact) mass is 429 g/mol. The Bertz CT molecular complexity index is 1100. The van der Waals surface area contributed by atoms with E-state index in [0.29, 0.717) is 18.4 Å². The Morgan fingerprint density at radius 3 is 2.37 bits per heavy atom. The third kappa shape index (κ3) is 4.96. The van der Waals surface area contributed by atoms with Gasteiger partial charge in [0.1, 0.15) is 5.78 Å². The van der Waals surface area contributed by atoms with Crippen LogP contribution in [-0.4, -0.2) is 38.0 Å². The van der Waals surface area contributed by atoms with Crippen molar-refractivity contribution in [3.63, 3.8) is 0 Å². The van der Waals surface area contributed by atoms with E-state index in [1.807, 2.05) is 44.2 Å². The number of hydrogen-bond acceptors (Lipinski definition) is 5. The van der Waals surface area contributed by atoms with Gasteiger partial charge in [0.25, 0.3) is 16.0 Å². The van der Waals surface area contributed by atoms with E-state index in [0.717, 1.165) is 27.8 Å². The van der Waals surface area contributed by atoms with Crippen LogP contribution in [0.1, 0.15) is 49.9 Å². The molecule has 0 spiro atoms. The maximum Gasteiger partial charge on any atom is 0.289 e. The summed E-state index contributed by atoms with van der Waals surface area (Å²) >= 11 is 0. The van der Waals surface area contributed by atoms with Gasteiger partial charge in [-0.3, -0.25) is 9.59 Å². The van der Waals surface area contributed by atoms with E-state index in [1.165, 1.54) is 7.05 Å². The highest BCUT2D eigenvalue weighted by molar-refractivity contribution is 7.86. The minimum absolute atomic E-state index is 0.0920. The number of fused-ring (bicyclic) bond motifs is 1. The molecule has 1 fully saturated rings. The maximum absolute atomic E-state index is 12.7. The van der Waals surface area contributed by atoms with E-state index in [-0.39, 0.29) is 12.2 Å². The zero-order valence-corrected chi connectivity index (χ0v) is 18.4. The van der Waals surface area contributed by atoms with E-state index in [2.05, 4.69) is 0 Å². The van der Waals surface area contributed by atoms with Crippen molar-refractivity contribution in [2.24, 2.45) is 5.41 Å². The van der Waals surface area contributed by atoms with Crippen LogP contribution in [-0.2, 0) is 19.2 Å². The Morgan fingerprint density at radius 1 is 1.10 bits per heavy atom.